The lowest BCUT2D eigenvalue weighted by Crippen LogP contribution is -2.26. The molecule has 0 saturated carbocycles. The van der Waals surface area contributed by atoms with Crippen molar-refractivity contribution < 1.29 is 9.59 Å². The molecule has 0 atom stereocenters. The molecule has 0 aliphatic heterocycles. The van der Waals surface area contributed by atoms with Gasteiger partial charge in [0.1, 0.15) is 0 Å². The first-order valence-electron chi connectivity index (χ1n) is 15.2. The number of carbonyl (C=O) groups excluding carboxylic acids is 2. The van der Waals surface area contributed by atoms with Crippen LogP contribution in [0.1, 0.15) is 47.2 Å². The van der Waals surface area contributed by atoms with Gasteiger partial charge in [-0.15, -0.1) is 0 Å². The topological polar surface area (TPSA) is 58.9 Å². The van der Waals surface area contributed by atoms with Crippen LogP contribution in [-0.4, -0.2) is 12.2 Å². The Bertz CT molecular complexity index is 1830. The zero-order valence-corrected chi connectivity index (χ0v) is 25.7. The summed E-state index contributed by atoms with van der Waals surface area (Å²) in [6.45, 7) is 4.33. The Morgan fingerprint density at radius 2 is 0.696 bits per heavy atom. The lowest BCUT2D eigenvalue weighted by Gasteiger charge is -2.34. The Morgan fingerprint density at radius 1 is 0.413 bits per heavy atom. The number of hydrogen-bond donors (Lipinski definition) is 0. The van der Waals surface area contributed by atoms with Gasteiger partial charge < -0.3 is 0 Å². The largest absolute Gasteiger partial charge is 0.240 e. The minimum atomic E-state index is -0.638. The molecule has 6 aromatic carbocycles. The van der Waals surface area contributed by atoms with E-state index >= 15 is 0 Å². The van der Waals surface area contributed by atoms with Crippen LogP contribution in [0, 0.1) is 0 Å². The SMILES string of the molecule is CC(c1ccccc1)(c1ccccc1)c1cc(-c2ccc(N=C=O)c(C(C)(c3ccccc3)c3ccccc3)c2)ccc1N=C=O. The molecule has 0 N–H and O–H groups in total. The molecule has 46 heavy (non-hydrogen) atoms. The van der Waals surface area contributed by atoms with Crippen molar-refractivity contribution in [2.45, 2.75) is 24.7 Å². The molecule has 4 heteroatoms. The van der Waals surface area contributed by atoms with Gasteiger partial charge in [0.2, 0.25) is 12.2 Å². The van der Waals surface area contributed by atoms with Gasteiger partial charge in [0, 0.05) is 10.8 Å². The summed E-state index contributed by atoms with van der Waals surface area (Å²) >= 11 is 0. The summed E-state index contributed by atoms with van der Waals surface area (Å²) in [5.74, 6) is 0. The smallest absolute Gasteiger partial charge is 0.211 e. The molecule has 0 radical (unpaired) electrons. The van der Waals surface area contributed by atoms with E-state index in [1.54, 1.807) is 12.2 Å². The van der Waals surface area contributed by atoms with E-state index in [-0.39, 0.29) is 0 Å². The fraction of sp³-hybridized carbons (Fsp3) is 0.0952. The third-order valence-corrected chi connectivity index (χ3v) is 9.14. The maximum absolute atomic E-state index is 11.7. The second-order valence-electron chi connectivity index (χ2n) is 11.6. The van der Waals surface area contributed by atoms with E-state index < -0.39 is 10.8 Å². The van der Waals surface area contributed by atoms with Gasteiger partial charge in [-0.25, -0.2) is 9.59 Å². The number of benzene rings is 6. The van der Waals surface area contributed by atoms with E-state index in [9.17, 15) is 9.59 Å². The summed E-state index contributed by atoms with van der Waals surface area (Å²) in [4.78, 5) is 31.7. The Balaban J connectivity index is 1.62. The summed E-state index contributed by atoms with van der Waals surface area (Å²) in [5, 5.41) is 0. The number of aliphatic imine (C=N–C) groups is 2. The zero-order valence-electron chi connectivity index (χ0n) is 25.7. The van der Waals surface area contributed by atoms with Crippen molar-refractivity contribution in [2.24, 2.45) is 9.98 Å². The first-order valence-corrected chi connectivity index (χ1v) is 15.2. The molecule has 6 rings (SSSR count). The molecule has 4 nitrogen and oxygen atoms in total. The predicted octanol–water partition coefficient (Wildman–Crippen LogP) is 10.00. The molecule has 0 saturated heterocycles. The average molecular weight is 597 g/mol. The summed E-state index contributed by atoms with van der Waals surface area (Å²) in [5.41, 5.74) is 7.71. The van der Waals surface area contributed by atoms with Crippen LogP contribution in [0.5, 0.6) is 0 Å². The molecule has 222 valence electrons. The van der Waals surface area contributed by atoms with Crippen LogP contribution in [0.2, 0.25) is 0 Å². The van der Waals surface area contributed by atoms with E-state index in [1.165, 1.54) is 0 Å². The highest BCUT2D eigenvalue weighted by Gasteiger charge is 2.35. The third kappa shape index (κ3) is 5.44. The van der Waals surface area contributed by atoms with Crippen LogP contribution < -0.4 is 0 Å². The van der Waals surface area contributed by atoms with Crippen molar-refractivity contribution in [3.05, 3.63) is 191 Å². The van der Waals surface area contributed by atoms with Gasteiger partial charge in [-0.1, -0.05) is 133 Å². The monoisotopic (exact) mass is 596 g/mol. The number of rotatable bonds is 9. The van der Waals surface area contributed by atoms with E-state index in [0.717, 1.165) is 44.5 Å². The maximum atomic E-state index is 11.7. The summed E-state index contributed by atoms with van der Waals surface area (Å²) in [7, 11) is 0. The molecule has 0 spiro atoms. The van der Waals surface area contributed by atoms with Crippen molar-refractivity contribution in [3.63, 3.8) is 0 Å². The Labute approximate surface area is 269 Å². The third-order valence-electron chi connectivity index (χ3n) is 9.14. The highest BCUT2D eigenvalue weighted by Crippen LogP contribution is 2.47. The molecule has 0 amide bonds. The van der Waals surface area contributed by atoms with Gasteiger partial charge in [-0.3, -0.25) is 0 Å². The van der Waals surface area contributed by atoms with Crippen molar-refractivity contribution in [2.75, 3.05) is 0 Å². The number of isocyanates is 2. The number of hydrogen-bond acceptors (Lipinski definition) is 4. The van der Waals surface area contributed by atoms with Crippen molar-refractivity contribution in [3.8, 4) is 11.1 Å². The van der Waals surface area contributed by atoms with Crippen molar-refractivity contribution >= 4 is 23.5 Å². The van der Waals surface area contributed by atoms with Crippen LogP contribution in [0.25, 0.3) is 11.1 Å². The van der Waals surface area contributed by atoms with Gasteiger partial charge in [0.25, 0.3) is 0 Å². The second-order valence-corrected chi connectivity index (χ2v) is 11.6. The van der Waals surface area contributed by atoms with Gasteiger partial charge in [-0.05, 0) is 82.6 Å². The molecule has 6 aromatic rings. The molecular formula is C42H32N2O2. The van der Waals surface area contributed by atoms with Crippen molar-refractivity contribution in [1.29, 1.82) is 0 Å². The molecule has 0 heterocycles. The van der Waals surface area contributed by atoms with Gasteiger partial charge in [0.05, 0.1) is 11.4 Å². The van der Waals surface area contributed by atoms with Gasteiger partial charge in [-0.2, -0.15) is 9.98 Å². The fourth-order valence-electron chi connectivity index (χ4n) is 6.57. The summed E-state index contributed by atoms with van der Waals surface area (Å²) in [6.07, 6.45) is 3.54. The van der Waals surface area contributed by atoms with Crippen molar-refractivity contribution in [1.82, 2.24) is 0 Å². The molecule has 0 aliphatic carbocycles. The second kappa shape index (κ2) is 13.0. The Morgan fingerprint density at radius 3 is 0.957 bits per heavy atom. The molecule has 0 bridgehead atoms. The van der Waals surface area contributed by atoms with E-state index in [2.05, 4.69) is 84.5 Å². The predicted molar refractivity (Wildman–Crippen MR) is 184 cm³/mol. The fourth-order valence-corrected chi connectivity index (χ4v) is 6.57. The highest BCUT2D eigenvalue weighted by molar-refractivity contribution is 5.76. The molecular weight excluding hydrogens is 564 g/mol. The zero-order chi connectivity index (χ0) is 32.0. The van der Waals surface area contributed by atoms with Crippen LogP contribution in [0.3, 0.4) is 0 Å². The highest BCUT2D eigenvalue weighted by atomic mass is 16.1. The quantitative estimate of drug-likeness (QED) is 0.0947. The molecule has 0 aliphatic rings. The molecule has 0 unspecified atom stereocenters. The van der Waals surface area contributed by atoms with E-state index in [0.29, 0.717) is 11.4 Å². The normalized spacial score (nSPS) is 11.3. The Hall–Kier alpha value is -5.92. The van der Waals surface area contributed by atoms with Crippen LogP contribution in [0.15, 0.2) is 168 Å². The lowest BCUT2D eigenvalue weighted by molar-refractivity contribution is 0.564. The van der Waals surface area contributed by atoms with Crippen LogP contribution >= 0.6 is 0 Å². The minimum Gasteiger partial charge on any atom is -0.211 e. The summed E-state index contributed by atoms with van der Waals surface area (Å²) in [6, 6.07) is 52.9. The molecule has 0 fully saturated rings. The Kier molecular flexibility index (Phi) is 8.50. The first-order chi connectivity index (χ1) is 22.5. The number of nitrogens with zero attached hydrogens (tertiary/aromatic N) is 2. The van der Waals surface area contributed by atoms with Crippen LogP contribution in [-0.2, 0) is 20.4 Å². The first kappa shape index (κ1) is 30.1. The molecule has 0 aromatic heterocycles. The minimum absolute atomic E-state index is 0.551. The lowest BCUT2D eigenvalue weighted by atomic mass is 9.69. The summed E-state index contributed by atoms with van der Waals surface area (Å²) < 4.78 is 0. The van der Waals surface area contributed by atoms with E-state index in [4.69, 9.17) is 0 Å². The van der Waals surface area contributed by atoms with Gasteiger partial charge in [0.15, 0.2) is 0 Å². The standard InChI is InChI=1S/C42H32N2O2/c1-41(33-15-7-3-8-16-33,34-17-9-4-10-18-34)37-27-31(23-25-39(37)43-29-45)32-24-26-40(44-30-46)38(28-32)42(2,35-19-11-5-12-20-35)36-21-13-6-14-22-36/h3-28H,1-2H3. The van der Waals surface area contributed by atoms with Gasteiger partial charge >= 0.3 is 0 Å². The maximum Gasteiger partial charge on any atom is 0.240 e. The van der Waals surface area contributed by atoms with E-state index in [1.807, 2.05) is 97.1 Å². The van der Waals surface area contributed by atoms with Crippen LogP contribution in [0.4, 0.5) is 11.4 Å². The average Bonchev–Trinajstić information content (AvgIpc) is 3.13.